The summed E-state index contributed by atoms with van der Waals surface area (Å²) in [7, 11) is -2.62. The van der Waals surface area contributed by atoms with Crippen LogP contribution in [0.3, 0.4) is 0 Å². The van der Waals surface area contributed by atoms with Gasteiger partial charge in [0.2, 0.25) is 10.0 Å². The number of para-hydroxylation sites is 1. The molecule has 0 fully saturated rings. The number of anilines is 2. The molecular weight excluding hydrogens is 564 g/mol. The fraction of sp³-hybridized carbons (Fsp3) is 0.424. The molecule has 234 valence electrons. The zero-order chi connectivity index (χ0) is 31.6. The molecule has 3 rings (SSSR count). The van der Waals surface area contributed by atoms with Crippen molar-refractivity contribution in [2.75, 3.05) is 30.8 Å². The average Bonchev–Trinajstić information content (AvgIpc) is 2.95. The molecule has 0 heterocycles. The number of aryl methyl sites for hydroxylation is 1. The van der Waals surface area contributed by atoms with Crippen molar-refractivity contribution < 1.29 is 22.7 Å². The van der Waals surface area contributed by atoms with Crippen LogP contribution in [0.4, 0.5) is 11.4 Å². The molecule has 0 atom stereocenters. The van der Waals surface area contributed by atoms with Crippen LogP contribution in [-0.2, 0) is 16.4 Å². The summed E-state index contributed by atoms with van der Waals surface area (Å²) < 4.78 is 37.1. The number of nitrogens with one attached hydrogen (secondary N) is 2. The number of hydrogen-bond acceptors (Lipinski definition) is 7. The van der Waals surface area contributed by atoms with Crippen molar-refractivity contribution >= 4 is 27.3 Å². The summed E-state index contributed by atoms with van der Waals surface area (Å²) in [5, 5.41) is 11.8. The van der Waals surface area contributed by atoms with Crippen LogP contribution in [0.2, 0.25) is 0 Å². The molecular formula is C33H46N4O5S. The largest absolute Gasteiger partial charge is 0.496 e. The molecule has 0 saturated carbocycles. The number of amides is 1. The molecule has 0 radical (unpaired) electrons. The third-order valence-electron chi connectivity index (χ3n) is 7.16. The first kappa shape index (κ1) is 33.9. The van der Waals surface area contributed by atoms with Crippen LogP contribution in [0.15, 0.2) is 65.6 Å². The second-order valence-corrected chi connectivity index (χ2v) is 12.6. The van der Waals surface area contributed by atoms with E-state index in [2.05, 4.69) is 50.2 Å². The maximum Gasteiger partial charge on any atom is 0.255 e. The van der Waals surface area contributed by atoms with Crippen molar-refractivity contribution in [1.82, 2.24) is 4.90 Å². The van der Waals surface area contributed by atoms with Gasteiger partial charge in [-0.05, 0) is 102 Å². The van der Waals surface area contributed by atoms with E-state index in [1.165, 1.54) is 6.07 Å². The quantitative estimate of drug-likeness (QED) is 0.155. The number of sulfonamides is 1. The fourth-order valence-electron chi connectivity index (χ4n) is 5.01. The molecule has 3 aromatic rings. The molecule has 4 N–H and O–H groups in total. The third-order valence-corrected chi connectivity index (χ3v) is 8.08. The minimum Gasteiger partial charge on any atom is -0.496 e. The van der Waals surface area contributed by atoms with Gasteiger partial charge in [-0.2, -0.15) is 0 Å². The van der Waals surface area contributed by atoms with E-state index in [0.717, 1.165) is 43.5 Å². The Labute approximate surface area is 256 Å². The Kier molecular flexibility index (Phi) is 12.4. The van der Waals surface area contributed by atoms with E-state index in [0.29, 0.717) is 35.8 Å². The van der Waals surface area contributed by atoms with Crippen molar-refractivity contribution in [3.05, 3.63) is 71.8 Å². The van der Waals surface area contributed by atoms with Crippen molar-refractivity contribution in [3.8, 4) is 17.2 Å². The van der Waals surface area contributed by atoms with Crippen LogP contribution in [0.1, 0.15) is 69.8 Å². The summed E-state index contributed by atoms with van der Waals surface area (Å²) in [4.78, 5) is 15.7. The number of carbonyl (C=O) groups is 1. The Hall–Kier alpha value is -3.60. The lowest BCUT2D eigenvalue weighted by Gasteiger charge is -2.30. The van der Waals surface area contributed by atoms with Crippen LogP contribution >= 0.6 is 0 Å². The zero-order valence-electron chi connectivity index (χ0n) is 26.1. The Morgan fingerprint density at radius 3 is 2.28 bits per heavy atom. The molecule has 0 aliphatic rings. The first-order valence-electron chi connectivity index (χ1n) is 14.9. The summed E-state index contributed by atoms with van der Waals surface area (Å²) in [6.45, 7) is 12.3. The molecule has 1 amide bonds. The van der Waals surface area contributed by atoms with Gasteiger partial charge in [0, 0.05) is 29.9 Å². The first-order chi connectivity index (χ1) is 20.4. The Balaban J connectivity index is 1.92. The lowest BCUT2D eigenvalue weighted by atomic mass is 10.1. The maximum absolute atomic E-state index is 13.5. The van der Waals surface area contributed by atoms with Gasteiger partial charge in [0.1, 0.15) is 16.4 Å². The summed E-state index contributed by atoms with van der Waals surface area (Å²) in [6, 6.07) is 18.1. The Bertz CT molecular complexity index is 1450. The van der Waals surface area contributed by atoms with E-state index in [1.54, 1.807) is 43.5 Å². The minimum absolute atomic E-state index is 0.0462. The molecule has 0 saturated heterocycles. The van der Waals surface area contributed by atoms with E-state index in [9.17, 15) is 13.2 Å². The summed E-state index contributed by atoms with van der Waals surface area (Å²) in [5.74, 6) is 0.764. The van der Waals surface area contributed by atoms with Gasteiger partial charge < -0.3 is 20.1 Å². The summed E-state index contributed by atoms with van der Waals surface area (Å²) in [5.41, 5.74) is 2.05. The number of hydrogen-bond donors (Lipinski definition) is 3. The monoisotopic (exact) mass is 610 g/mol. The van der Waals surface area contributed by atoms with Gasteiger partial charge in [-0.3, -0.25) is 9.69 Å². The summed E-state index contributed by atoms with van der Waals surface area (Å²) in [6.07, 6.45) is 3.47. The van der Waals surface area contributed by atoms with Crippen LogP contribution in [0.25, 0.3) is 0 Å². The second kappa shape index (κ2) is 15.7. The molecule has 0 aliphatic heterocycles. The number of nitrogens with zero attached hydrogens (tertiary/aromatic N) is 1. The van der Waals surface area contributed by atoms with Crippen molar-refractivity contribution in [3.63, 3.8) is 0 Å². The van der Waals surface area contributed by atoms with E-state index in [4.69, 9.17) is 14.6 Å². The third kappa shape index (κ3) is 9.71. The highest BCUT2D eigenvalue weighted by Gasteiger charge is 2.24. The van der Waals surface area contributed by atoms with Gasteiger partial charge in [0.15, 0.2) is 5.75 Å². The van der Waals surface area contributed by atoms with E-state index in [-0.39, 0.29) is 16.2 Å². The van der Waals surface area contributed by atoms with Crippen molar-refractivity contribution in [1.29, 1.82) is 0 Å². The van der Waals surface area contributed by atoms with Crippen molar-refractivity contribution in [2.45, 2.75) is 77.3 Å². The van der Waals surface area contributed by atoms with Gasteiger partial charge >= 0.3 is 0 Å². The predicted octanol–water partition coefficient (Wildman–Crippen LogP) is 6.65. The van der Waals surface area contributed by atoms with E-state index in [1.807, 2.05) is 18.2 Å². The molecule has 0 unspecified atom stereocenters. The molecule has 0 bridgehead atoms. The minimum atomic E-state index is -4.25. The smallest absolute Gasteiger partial charge is 0.255 e. The molecule has 9 nitrogen and oxygen atoms in total. The maximum atomic E-state index is 13.5. The molecule has 3 aromatic carbocycles. The van der Waals surface area contributed by atoms with Gasteiger partial charge in [-0.15, -0.1) is 0 Å². The van der Waals surface area contributed by atoms with E-state index >= 15 is 0 Å². The summed E-state index contributed by atoms with van der Waals surface area (Å²) >= 11 is 0. The van der Waals surface area contributed by atoms with E-state index < -0.39 is 15.9 Å². The Morgan fingerprint density at radius 1 is 0.977 bits per heavy atom. The molecule has 0 aromatic heterocycles. The molecule has 43 heavy (non-hydrogen) atoms. The molecule has 10 heteroatoms. The number of methoxy groups -OCH3 is 1. The number of unbranched alkanes of at least 4 members (excludes halogenated alkanes) is 1. The number of rotatable bonds is 16. The normalized spacial score (nSPS) is 11.7. The van der Waals surface area contributed by atoms with Crippen LogP contribution in [0.5, 0.6) is 17.2 Å². The standard InChI is InChI=1S/C33H46N4O5S/c1-7-8-18-35-29-21-26(22-31(43(34,39)40)32(29)42-28-14-10-9-11-15-28)33(38)36-27-16-17-30(41-6)25(20-27)13-12-19-37(23(2)3)24(4)5/h9-11,14-17,20-24,35H,7-8,12-13,18-19H2,1-6H3,(H,36,38)(H2,34,39,40). The fourth-order valence-corrected chi connectivity index (χ4v) is 5.71. The number of benzene rings is 3. The number of primary sulfonamides is 1. The lowest BCUT2D eigenvalue weighted by Crippen LogP contribution is -2.37. The van der Waals surface area contributed by atoms with Gasteiger partial charge in [-0.1, -0.05) is 31.5 Å². The SMILES string of the molecule is CCCCNc1cc(C(=O)Nc2ccc(OC)c(CCCN(C(C)C)C(C)C)c2)cc(S(N)(=O)=O)c1Oc1ccccc1. The average molecular weight is 611 g/mol. The lowest BCUT2D eigenvalue weighted by molar-refractivity contribution is 0.102. The highest BCUT2D eigenvalue weighted by atomic mass is 32.2. The van der Waals surface area contributed by atoms with Crippen LogP contribution in [-0.4, -0.2) is 51.5 Å². The topological polar surface area (TPSA) is 123 Å². The van der Waals surface area contributed by atoms with Crippen LogP contribution < -0.4 is 25.2 Å². The highest BCUT2D eigenvalue weighted by Crippen LogP contribution is 2.37. The highest BCUT2D eigenvalue weighted by molar-refractivity contribution is 7.89. The molecule has 0 spiro atoms. The van der Waals surface area contributed by atoms with Crippen molar-refractivity contribution in [2.24, 2.45) is 5.14 Å². The first-order valence-corrected chi connectivity index (χ1v) is 16.4. The molecule has 0 aliphatic carbocycles. The second-order valence-electron chi connectivity index (χ2n) is 11.1. The number of carbonyl (C=O) groups excluding carboxylic acids is 1. The van der Waals surface area contributed by atoms with Gasteiger partial charge in [-0.25, -0.2) is 13.6 Å². The predicted molar refractivity (Wildman–Crippen MR) is 174 cm³/mol. The van der Waals surface area contributed by atoms with Gasteiger partial charge in [0.05, 0.1) is 12.8 Å². The van der Waals surface area contributed by atoms with Gasteiger partial charge in [0.25, 0.3) is 5.91 Å². The number of nitrogens with two attached hydrogens (primary N) is 1. The zero-order valence-corrected chi connectivity index (χ0v) is 27.0. The number of ether oxygens (including phenoxy) is 2. The van der Waals surface area contributed by atoms with Crippen LogP contribution in [0, 0.1) is 0 Å². The Morgan fingerprint density at radius 2 is 1.67 bits per heavy atom.